The molecule has 1 atom stereocenters. The quantitative estimate of drug-likeness (QED) is 0.775. The zero-order valence-electron chi connectivity index (χ0n) is 11.9. The largest absolute Gasteiger partial charge is 0.378 e. The molecule has 5 heteroatoms. The molecule has 0 bridgehead atoms. The normalized spacial score (nSPS) is 24.6. The summed E-state index contributed by atoms with van der Waals surface area (Å²) in [5, 5.41) is 3.30. The van der Waals surface area contributed by atoms with Gasteiger partial charge in [0, 0.05) is 20.2 Å². The Morgan fingerprint density at radius 3 is 2.84 bits per heavy atom. The first kappa shape index (κ1) is 14.8. The van der Waals surface area contributed by atoms with Crippen LogP contribution < -0.4 is 5.32 Å². The van der Waals surface area contributed by atoms with E-state index in [1.54, 1.807) is 4.90 Å². The van der Waals surface area contributed by atoms with Gasteiger partial charge in [-0.1, -0.05) is 0 Å². The molecule has 2 heterocycles. The Hall–Kier alpha value is -0.650. The summed E-state index contributed by atoms with van der Waals surface area (Å²) in [6, 6.07) is 0. The zero-order chi connectivity index (χ0) is 13.5. The summed E-state index contributed by atoms with van der Waals surface area (Å²) in [6.45, 7) is 4.14. The van der Waals surface area contributed by atoms with Crippen LogP contribution in [0.5, 0.6) is 0 Å². The van der Waals surface area contributed by atoms with Gasteiger partial charge in [0.05, 0.1) is 25.2 Å². The maximum absolute atomic E-state index is 12.0. The molecule has 110 valence electrons. The lowest BCUT2D eigenvalue weighted by molar-refractivity contribution is -0.133. The third-order valence-electron chi connectivity index (χ3n) is 3.88. The number of piperidine rings is 1. The van der Waals surface area contributed by atoms with Crippen molar-refractivity contribution in [3.63, 3.8) is 0 Å². The van der Waals surface area contributed by atoms with Gasteiger partial charge in [0.1, 0.15) is 0 Å². The molecule has 2 rings (SSSR count). The summed E-state index contributed by atoms with van der Waals surface area (Å²) in [7, 11) is 1.86. The lowest BCUT2D eigenvalue weighted by Gasteiger charge is -2.24. The maximum atomic E-state index is 12.0. The molecule has 2 fully saturated rings. The standard InChI is InChI=1S/C14H26N2O3/c1-16(11-13-3-2-9-18-13)14(17)6-10-19-12-4-7-15-8-5-12/h12-13,15H,2-11H2,1H3. The summed E-state index contributed by atoms with van der Waals surface area (Å²) >= 11 is 0. The SMILES string of the molecule is CN(CC1CCCO1)C(=O)CCOC1CCNCC1. The molecule has 0 aromatic carbocycles. The van der Waals surface area contributed by atoms with Gasteiger partial charge in [0.2, 0.25) is 5.91 Å². The van der Waals surface area contributed by atoms with Crippen molar-refractivity contribution in [2.75, 3.05) is 39.9 Å². The van der Waals surface area contributed by atoms with Gasteiger partial charge in [-0.3, -0.25) is 4.79 Å². The Balaban J connectivity index is 1.57. The minimum Gasteiger partial charge on any atom is -0.378 e. The predicted molar refractivity (Wildman–Crippen MR) is 73.1 cm³/mol. The van der Waals surface area contributed by atoms with Gasteiger partial charge in [0.25, 0.3) is 0 Å². The second-order valence-corrected chi connectivity index (χ2v) is 5.48. The topological polar surface area (TPSA) is 50.8 Å². The van der Waals surface area contributed by atoms with E-state index >= 15 is 0 Å². The van der Waals surface area contributed by atoms with Crippen molar-refractivity contribution in [2.45, 2.75) is 44.3 Å². The highest BCUT2D eigenvalue weighted by molar-refractivity contribution is 5.75. The van der Waals surface area contributed by atoms with Crippen LogP contribution >= 0.6 is 0 Å². The number of nitrogens with one attached hydrogen (secondary N) is 1. The van der Waals surface area contributed by atoms with E-state index in [0.717, 1.165) is 45.4 Å². The van der Waals surface area contributed by atoms with Crippen molar-refractivity contribution in [1.29, 1.82) is 0 Å². The average Bonchev–Trinajstić information content (AvgIpc) is 2.92. The van der Waals surface area contributed by atoms with Crippen LogP contribution in [0.4, 0.5) is 0 Å². The molecule has 0 saturated carbocycles. The molecule has 0 spiro atoms. The van der Waals surface area contributed by atoms with Gasteiger partial charge in [0.15, 0.2) is 0 Å². The van der Waals surface area contributed by atoms with Crippen LogP contribution in [0.2, 0.25) is 0 Å². The molecule has 2 aliphatic heterocycles. The van der Waals surface area contributed by atoms with E-state index in [0.29, 0.717) is 25.7 Å². The fourth-order valence-electron chi connectivity index (χ4n) is 2.66. The van der Waals surface area contributed by atoms with Crippen molar-refractivity contribution in [3.05, 3.63) is 0 Å². The highest BCUT2D eigenvalue weighted by Gasteiger charge is 2.20. The fraction of sp³-hybridized carbons (Fsp3) is 0.929. The van der Waals surface area contributed by atoms with E-state index in [9.17, 15) is 4.79 Å². The Kier molecular flexibility index (Phi) is 6.07. The van der Waals surface area contributed by atoms with Crippen molar-refractivity contribution in [2.24, 2.45) is 0 Å². The van der Waals surface area contributed by atoms with Crippen LogP contribution in [-0.2, 0) is 14.3 Å². The Bertz CT molecular complexity index is 274. The molecule has 0 radical (unpaired) electrons. The van der Waals surface area contributed by atoms with Crippen molar-refractivity contribution in [1.82, 2.24) is 10.2 Å². The van der Waals surface area contributed by atoms with Crippen LogP contribution in [-0.4, -0.2) is 62.9 Å². The van der Waals surface area contributed by atoms with E-state index < -0.39 is 0 Å². The third-order valence-corrected chi connectivity index (χ3v) is 3.88. The van der Waals surface area contributed by atoms with Crippen molar-refractivity contribution >= 4 is 5.91 Å². The van der Waals surface area contributed by atoms with Crippen LogP contribution in [0.1, 0.15) is 32.1 Å². The number of ether oxygens (including phenoxy) is 2. The molecule has 1 unspecified atom stereocenters. The molecule has 0 aromatic rings. The number of amides is 1. The molecular formula is C14H26N2O3. The van der Waals surface area contributed by atoms with E-state index in [1.807, 2.05) is 7.05 Å². The van der Waals surface area contributed by atoms with Crippen molar-refractivity contribution < 1.29 is 14.3 Å². The maximum Gasteiger partial charge on any atom is 0.224 e. The van der Waals surface area contributed by atoms with Gasteiger partial charge in [-0.15, -0.1) is 0 Å². The predicted octanol–water partition coefficient (Wildman–Crippen LogP) is 0.783. The summed E-state index contributed by atoms with van der Waals surface area (Å²) in [5.74, 6) is 0.157. The number of carbonyl (C=O) groups is 1. The zero-order valence-corrected chi connectivity index (χ0v) is 11.9. The number of nitrogens with zero attached hydrogens (tertiary/aromatic N) is 1. The van der Waals surface area contributed by atoms with Crippen LogP contribution in [0.3, 0.4) is 0 Å². The number of rotatable bonds is 6. The molecule has 2 saturated heterocycles. The lowest BCUT2D eigenvalue weighted by Crippen LogP contribution is -2.36. The molecule has 0 aliphatic carbocycles. The first-order chi connectivity index (χ1) is 9.25. The van der Waals surface area contributed by atoms with Crippen LogP contribution in [0, 0.1) is 0 Å². The second kappa shape index (κ2) is 7.82. The Labute approximate surface area is 115 Å². The summed E-state index contributed by atoms with van der Waals surface area (Å²) in [6.07, 6.45) is 5.35. The smallest absolute Gasteiger partial charge is 0.224 e. The van der Waals surface area contributed by atoms with Crippen LogP contribution in [0.25, 0.3) is 0 Å². The third kappa shape index (κ3) is 5.09. The minimum absolute atomic E-state index is 0.157. The Morgan fingerprint density at radius 1 is 1.37 bits per heavy atom. The molecule has 19 heavy (non-hydrogen) atoms. The monoisotopic (exact) mass is 270 g/mol. The molecular weight excluding hydrogens is 244 g/mol. The Morgan fingerprint density at radius 2 is 2.16 bits per heavy atom. The van der Waals surface area contributed by atoms with E-state index in [2.05, 4.69) is 5.32 Å². The van der Waals surface area contributed by atoms with E-state index in [4.69, 9.17) is 9.47 Å². The fourth-order valence-corrected chi connectivity index (χ4v) is 2.66. The highest BCUT2D eigenvalue weighted by atomic mass is 16.5. The number of carbonyl (C=O) groups excluding carboxylic acids is 1. The minimum atomic E-state index is 0.157. The van der Waals surface area contributed by atoms with Gasteiger partial charge in [-0.05, 0) is 38.8 Å². The summed E-state index contributed by atoms with van der Waals surface area (Å²) < 4.78 is 11.3. The first-order valence-electron chi connectivity index (χ1n) is 7.43. The second-order valence-electron chi connectivity index (χ2n) is 5.48. The number of likely N-dealkylation sites (N-methyl/N-ethyl adjacent to an activating group) is 1. The van der Waals surface area contributed by atoms with E-state index in [-0.39, 0.29) is 12.0 Å². The van der Waals surface area contributed by atoms with Crippen molar-refractivity contribution in [3.8, 4) is 0 Å². The summed E-state index contributed by atoms with van der Waals surface area (Å²) in [4.78, 5) is 13.7. The highest BCUT2D eigenvalue weighted by Crippen LogP contribution is 2.13. The van der Waals surface area contributed by atoms with Crippen LogP contribution in [0.15, 0.2) is 0 Å². The van der Waals surface area contributed by atoms with Gasteiger partial charge in [-0.2, -0.15) is 0 Å². The summed E-state index contributed by atoms with van der Waals surface area (Å²) in [5.41, 5.74) is 0. The first-order valence-corrected chi connectivity index (χ1v) is 7.43. The number of hydrogen-bond acceptors (Lipinski definition) is 4. The lowest BCUT2D eigenvalue weighted by atomic mass is 10.1. The van der Waals surface area contributed by atoms with Gasteiger partial charge >= 0.3 is 0 Å². The van der Waals surface area contributed by atoms with Gasteiger partial charge in [-0.25, -0.2) is 0 Å². The van der Waals surface area contributed by atoms with E-state index in [1.165, 1.54) is 0 Å². The number of hydrogen-bond donors (Lipinski definition) is 1. The molecule has 5 nitrogen and oxygen atoms in total. The van der Waals surface area contributed by atoms with Gasteiger partial charge < -0.3 is 19.7 Å². The molecule has 0 aromatic heterocycles. The molecule has 1 N–H and O–H groups in total. The molecule has 1 amide bonds. The molecule has 2 aliphatic rings. The average molecular weight is 270 g/mol.